The highest BCUT2D eigenvalue weighted by Gasteiger charge is 2.34. The van der Waals surface area contributed by atoms with Crippen LogP contribution < -0.4 is 10.5 Å². The Kier molecular flexibility index (Phi) is 4.55. The zero-order valence-electron chi connectivity index (χ0n) is 12.0. The Hall–Kier alpha value is -1.27. The molecule has 0 spiro atoms. The third-order valence-corrected chi connectivity index (χ3v) is 5.79. The van der Waals surface area contributed by atoms with Crippen molar-refractivity contribution in [2.75, 3.05) is 19.4 Å². The van der Waals surface area contributed by atoms with Crippen molar-refractivity contribution in [1.82, 2.24) is 4.31 Å². The predicted molar refractivity (Wildman–Crippen MR) is 79.2 cm³/mol. The molecule has 1 fully saturated rings. The van der Waals surface area contributed by atoms with Gasteiger partial charge in [-0.15, -0.1) is 0 Å². The fraction of sp³-hybridized carbons (Fsp3) is 0.571. The molecule has 2 rings (SSSR count). The first kappa shape index (κ1) is 15.1. The third kappa shape index (κ3) is 2.76. The Morgan fingerprint density at radius 3 is 2.80 bits per heavy atom. The lowest BCUT2D eigenvalue weighted by molar-refractivity contribution is 0.246. The van der Waals surface area contributed by atoms with E-state index in [4.69, 9.17) is 10.5 Å². The van der Waals surface area contributed by atoms with Crippen molar-refractivity contribution in [2.24, 2.45) is 0 Å². The molecule has 0 saturated carbocycles. The van der Waals surface area contributed by atoms with Crippen LogP contribution in [-0.2, 0) is 10.0 Å². The highest BCUT2D eigenvalue weighted by Crippen LogP contribution is 2.32. The first-order valence-electron chi connectivity index (χ1n) is 6.96. The van der Waals surface area contributed by atoms with Gasteiger partial charge in [0.25, 0.3) is 0 Å². The SMILES string of the molecule is CCC1CCCCN1S(=O)(=O)c1cc(N)ccc1OC. The molecule has 1 saturated heterocycles. The van der Waals surface area contributed by atoms with E-state index >= 15 is 0 Å². The van der Waals surface area contributed by atoms with E-state index in [0.717, 1.165) is 25.7 Å². The minimum atomic E-state index is -3.56. The molecule has 0 bridgehead atoms. The molecular weight excluding hydrogens is 276 g/mol. The van der Waals surface area contributed by atoms with E-state index < -0.39 is 10.0 Å². The monoisotopic (exact) mass is 298 g/mol. The number of methoxy groups -OCH3 is 1. The molecule has 1 aliphatic heterocycles. The molecule has 1 atom stereocenters. The van der Waals surface area contributed by atoms with Gasteiger partial charge in [0.2, 0.25) is 10.0 Å². The molecule has 0 aliphatic carbocycles. The van der Waals surface area contributed by atoms with Gasteiger partial charge in [-0.25, -0.2) is 8.42 Å². The first-order valence-corrected chi connectivity index (χ1v) is 8.40. The van der Waals surface area contributed by atoms with E-state index in [-0.39, 0.29) is 10.9 Å². The standard InChI is InChI=1S/C14H22N2O3S/c1-3-12-6-4-5-9-16(12)20(17,18)14-10-11(15)7-8-13(14)19-2/h7-8,10,12H,3-6,9,15H2,1-2H3. The number of hydrogen-bond acceptors (Lipinski definition) is 4. The zero-order chi connectivity index (χ0) is 14.8. The molecule has 20 heavy (non-hydrogen) atoms. The summed E-state index contributed by atoms with van der Waals surface area (Å²) in [5.41, 5.74) is 6.16. The quantitative estimate of drug-likeness (QED) is 0.865. The molecule has 6 heteroatoms. The summed E-state index contributed by atoms with van der Waals surface area (Å²) in [7, 11) is -2.09. The summed E-state index contributed by atoms with van der Waals surface area (Å²) < 4.78 is 32.5. The second-order valence-corrected chi connectivity index (χ2v) is 6.94. The lowest BCUT2D eigenvalue weighted by Crippen LogP contribution is -2.43. The summed E-state index contributed by atoms with van der Waals surface area (Å²) in [6.45, 7) is 2.59. The van der Waals surface area contributed by atoms with Crippen LogP contribution in [0.15, 0.2) is 23.1 Å². The van der Waals surface area contributed by atoms with E-state index in [1.807, 2.05) is 6.92 Å². The van der Waals surface area contributed by atoms with Gasteiger partial charge in [-0.1, -0.05) is 13.3 Å². The van der Waals surface area contributed by atoms with Crippen LogP contribution in [-0.4, -0.2) is 32.4 Å². The number of sulfonamides is 1. The number of nitrogens with two attached hydrogens (primary N) is 1. The van der Waals surface area contributed by atoms with Gasteiger partial charge < -0.3 is 10.5 Å². The van der Waals surface area contributed by atoms with Crippen LogP contribution in [0.4, 0.5) is 5.69 Å². The van der Waals surface area contributed by atoms with Gasteiger partial charge >= 0.3 is 0 Å². The van der Waals surface area contributed by atoms with E-state index in [1.165, 1.54) is 13.2 Å². The second-order valence-electron chi connectivity index (χ2n) is 5.08. The normalized spacial score (nSPS) is 20.8. The van der Waals surface area contributed by atoms with Crippen molar-refractivity contribution in [3.63, 3.8) is 0 Å². The van der Waals surface area contributed by atoms with E-state index in [1.54, 1.807) is 16.4 Å². The van der Waals surface area contributed by atoms with Gasteiger partial charge in [0, 0.05) is 18.3 Å². The highest BCUT2D eigenvalue weighted by molar-refractivity contribution is 7.89. The third-order valence-electron chi connectivity index (χ3n) is 3.82. The average molecular weight is 298 g/mol. The number of nitrogen functional groups attached to an aromatic ring is 1. The van der Waals surface area contributed by atoms with E-state index in [2.05, 4.69) is 0 Å². The predicted octanol–water partition coefficient (Wildman–Crippen LogP) is 2.23. The lowest BCUT2D eigenvalue weighted by atomic mass is 10.0. The molecule has 1 heterocycles. The molecular formula is C14H22N2O3S. The summed E-state index contributed by atoms with van der Waals surface area (Å²) in [6.07, 6.45) is 3.73. The van der Waals surface area contributed by atoms with Gasteiger partial charge in [-0.3, -0.25) is 0 Å². The van der Waals surface area contributed by atoms with Crippen LogP contribution in [0.5, 0.6) is 5.75 Å². The molecule has 112 valence electrons. The van der Waals surface area contributed by atoms with Gasteiger partial charge in [-0.05, 0) is 37.5 Å². The molecule has 1 aromatic carbocycles. The Balaban J connectivity index is 2.46. The molecule has 5 nitrogen and oxygen atoms in total. The Morgan fingerprint density at radius 2 is 2.15 bits per heavy atom. The second kappa shape index (κ2) is 6.01. The molecule has 1 unspecified atom stereocenters. The number of benzene rings is 1. The first-order chi connectivity index (χ1) is 9.50. The topological polar surface area (TPSA) is 72.6 Å². The van der Waals surface area contributed by atoms with Crippen molar-refractivity contribution in [3.05, 3.63) is 18.2 Å². The van der Waals surface area contributed by atoms with Crippen LogP contribution in [0.25, 0.3) is 0 Å². The van der Waals surface area contributed by atoms with Crippen LogP contribution in [0, 0.1) is 0 Å². The molecule has 1 aliphatic rings. The Morgan fingerprint density at radius 1 is 1.40 bits per heavy atom. The summed E-state index contributed by atoms with van der Waals surface area (Å²) in [4.78, 5) is 0.167. The maximum absolute atomic E-state index is 12.9. The van der Waals surface area contributed by atoms with Crippen LogP contribution in [0.3, 0.4) is 0 Å². The van der Waals surface area contributed by atoms with Crippen molar-refractivity contribution >= 4 is 15.7 Å². The lowest BCUT2D eigenvalue weighted by Gasteiger charge is -2.34. The number of rotatable bonds is 4. The van der Waals surface area contributed by atoms with Crippen LogP contribution in [0.2, 0.25) is 0 Å². The summed E-state index contributed by atoms with van der Waals surface area (Å²) in [5.74, 6) is 0.347. The molecule has 0 radical (unpaired) electrons. The Bertz CT molecular complexity index is 572. The zero-order valence-corrected chi connectivity index (χ0v) is 12.8. The van der Waals surface area contributed by atoms with Gasteiger partial charge in [0.05, 0.1) is 7.11 Å². The van der Waals surface area contributed by atoms with Crippen molar-refractivity contribution in [2.45, 2.75) is 43.5 Å². The maximum atomic E-state index is 12.9. The minimum absolute atomic E-state index is 0.0693. The van der Waals surface area contributed by atoms with Gasteiger partial charge in [-0.2, -0.15) is 4.31 Å². The van der Waals surface area contributed by atoms with Crippen molar-refractivity contribution in [1.29, 1.82) is 0 Å². The molecule has 1 aromatic rings. The van der Waals surface area contributed by atoms with E-state index in [0.29, 0.717) is 18.0 Å². The summed E-state index contributed by atoms with van der Waals surface area (Å²) >= 11 is 0. The average Bonchev–Trinajstić information content (AvgIpc) is 2.47. The number of piperidine rings is 1. The van der Waals surface area contributed by atoms with Crippen molar-refractivity contribution < 1.29 is 13.2 Å². The highest BCUT2D eigenvalue weighted by atomic mass is 32.2. The van der Waals surface area contributed by atoms with Crippen LogP contribution in [0.1, 0.15) is 32.6 Å². The molecule has 0 amide bonds. The smallest absolute Gasteiger partial charge is 0.247 e. The van der Waals surface area contributed by atoms with Crippen LogP contribution >= 0.6 is 0 Å². The fourth-order valence-corrected chi connectivity index (χ4v) is 4.68. The largest absolute Gasteiger partial charge is 0.495 e. The summed E-state index contributed by atoms with van der Waals surface area (Å²) in [5, 5.41) is 0. The number of ether oxygens (including phenoxy) is 1. The minimum Gasteiger partial charge on any atom is -0.495 e. The number of nitrogens with zero attached hydrogens (tertiary/aromatic N) is 1. The fourth-order valence-electron chi connectivity index (χ4n) is 2.72. The Labute approximate surface area is 120 Å². The van der Waals surface area contributed by atoms with Gasteiger partial charge in [0.1, 0.15) is 10.6 Å². The molecule has 0 aromatic heterocycles. The van der Waals surface area contributed by atoms with Crippen molar-refractivity contribution in [3.8, 4) is 5.75 Å². The molecule has 2 N–H and O–H groups in total. The van der Waals surface area contributed by atoms with E-state index in [9.17, 15) is 8.42 Å². The van der Waals surface area contributed by atoms with Gasteiger partial charge in [0.15, 0.2) is 0 Å². The number of anilines is 1. The maximum Gasteiger partial charge on any atom is 0.247 e. The number of hydrogen-bond donors (Lipinski definition) is 1. The summed E-state index contributed by atoms with van der Waals surface area (Å²) in [6, 6.07) is 4.80.